The van der Waals surface area contributed by atoms with Crippen LogP contribution in [0.5, 0.6) is 0 Å². The molecule has 0 amide bonds. The number of nitrogens with one attached hydrogen (secondary N) is 1. The summed E-state index contributed by atoms with van der Waals surface area (Å²) in [7, 11) is 0. The fourth-order valence-corrected chi connectivity index (χ4v) is 4.29. The Bertz CT molecular complexity index is 762. The van der Waals surface area contributed by atoms with Crippen molar-refractivity contribution in [2.75, 3.05) is 23.7 Å². The molecule has 1 aliphatic heterocycles. The molecule has 1 atom stereocenters. The van der Waals surface area contributed by atoms with Gasteiger partial charge in [0, 0.05) is 30.6 Å². The topological polar surface area (TPSA) is 36.1 Å². The van der Waals surface area contributed by atoms with Gasteiger partial charge in [-0.15, -0.1) is 0 Å². The van der Waals surface area contributed by atoms with E-state index in [9.17, 15) is 13.6 Å². The zero-order chi connectivity index (χ0) is 16.4. The average molecular weight is 338 g/mol. The predicted octanol–water partition coefficient (Wildman–Crippen LogP) is 3.92. The van der Waals surface area contributed by atoms with Crippen LogP contribution in [-0.4, -0.2) is 29.1 Å². The summed E-state index contributed by atoms with van der Waals surface area (Å²) in [5, 5.41) is 0.437. The van der Waals surface area contributed by atoms with Crippen LogP contribution < -0.4 is 10.3 Å². The molecular weight excluding hydrogens is 318 g/mol. The normalized spacial score (nSPS) is 19.1. The highest BCUT2D eigenvalue weighted by atomic mass is 32.2. The lowest BCUT2D eigenvalue weighted by Gasteiger charge is -2.27. The van der Waals surface area contributed by atoms with Crippen molar-refractivity contribution < 1.29 is 8.78 Å². The van der Waals surface area contributed by atoms with Gasteiger partial charge >= 0.3 is 0 Å². The van der Waals surface area contributed by atoms with Crippen molar-refractivity contribution in [2.24, 2.45) is 0 Å². The molecule has 1 saturated heterocycles. The number of halogens is 2. The van der Waals surface area contributed by atoms with E-state index >= 15 is 0 Å². The van der Waals surface area contributed by atoms with Crippen LogP contribution in [-0.2, 0) is 0 Å². The lowest BCUT2D eigenvalue weighted by Crippen LogP contribution is -2.31. The summed E-state index contributed by atoms with van der Waals surface area (Å²) in [6.07, 6.45) is 4.46. The van der Waals surface area contributed by atoms with Crippen LogP contribution in [0.1, 0.15) is 26.2 Å². The van der Waals surface area contributed by atoms with Gasteiger partial charge in [0.1, 0.15) is 11.5 Å². The molecule has 1 N–H and O–H groups in total. The number of anilines is 1. The van der Waals surface area contributed by atoms with E-state index in [0.29, 0.717) is 18.3 Å². The number of hydrogen-bond donors (Lipinski definition) is 1. The minimum Gasteiger partial charge on any atom is -0.366 e. The number of rotatable bonds is 3. The monoisotopic (exact) mass is 338 g/mol. The van der Waals surface area contributed by atoms with Gasteiger partial charge in [0.25, 0.3) is 0 Å². The van der Waals surface area contributed by atoms with Gasteiger partial charge in [-0.2, -0.15) is 11.8 Å². The third-order valence-electron chi connectivity index (χ3n) is 4.27. The van der Waals surface area contributed by atoms with E-state index in [1.807, 2.05) is 11.8 Å². The maximum absolute atomic E-state index is 14.9. The summed E-state index contributed by atoms with van der Waals surface area (Å²) in [6.45, 7) is 3.37. The Morgan fingerprint density at radius 2 is 2.22 bits per heavy atom. The number of fused-ring (bicyclic) bond motifs is 1. The van der Waals surface area contributed by atoms with Gasteiger partial charge in [0.05, 0.1) is 10.9 Å². The summed E-state index contributed by atoms with van der Waals surface area (Å²) < 4.78 is 29.4. The molecule has 3 rings (SSSR count). The molecule has 1 aromatic heterocycles. The van der Waals surface area contributed by atoms with Crippen LogP contribution in [0.15, 0.2) is 23.1 Å². The Hall–Kier alpha value is -1.56. The molecule has 0 spiro atoms. The molecule has 1 fully saturated rings. The van der Waals surface area contributed by atoms with Gasteiger partial charge < -0.3 is 9.88 Å². The Balaban J connectivity index is 2.06. The zero-order valence-electron chi connectivity index (χ0n) is 13.1. The number of nitrogens with zero attached hydrogens (tertiary/aromatic N) is 1. The minimum absolute atomic E-state index is 0.0112. The lowest BCUT2D eigenvalue weighted by molar-refractivity contribution is 0.577. The van der Waals surface area contributed by atoms with Crippen molar-refractivity contribution in [1.29, 1.82) is 0 Å². The highest BCUT2D eigenvalue weighted by Crippen LogP contribution is 2.32. The third-order valence-corrected chi connectivity index (χ3v) is 5.46. The molecule has 1 aromatic carbocycles. The fraction of sp³-hybridized carbons (Fsp3) is 0.471. The molecular formula is C17H20F2N2OS. The minimum atomic E-state index is -0.667. The predicted molar refractivity (Wildman–Crippen MR) is 92.5 cm³/mol. The molecule has 0 saturated carbocycles. The summed E-state index contributed by atoms with van der Waals surface area (Å²) in [4.78, 5) is 16.3. The van der Waals surface area contributed by atoms with E-state index in [4.69, 9.17) is 0 Å². The van der Waals surface area contributed by atoms with Crippen LogP contribution >= 0.6 is 11.8 Å². The number of benzene rings is 1. The summed E-state index contributed by atoms with van der Waals surface area (Å²) in [5.41, 5.74) is -0.306. The van der Waals surface area contributed by atoms with E-state index in [0.717, 1.165) is 31.1 Å². The second-order valence-electron chi connectivity index (χ2n) is 5.80. The molecule has 0 radical (unpaired) electrons. The highest BCUT2D eigenvalue weighted by Gasteiger charge is 2.25. The highest BCUT2D eigenvalue weighted by molar-refractivity contribution is 7.99. The molecule has 6 heteroatoms. The quantitative estimate of drug-likeness (QED) is 0.921. The maximum atomic E-state index is 14.9. The molecule has 3 nitrogen and oxygen atoms in total. The Morgan fingerprint density at radius 3 is 3.00 bits per heavy atom. The van der Waals surface area contributed by atoms with Crippen LogP contribution in [0.25, 0.3) is 10.9 Å². The second-order valence-corrected chi connectivity index (χ2v) is 7.38. The van der Waals surface area contributed by atoms with Crippen LogP contribution in [0.3, 0.4) is 0 Å². The van der Waals surface area contributed by atoms with E-state index in [1.165, 1.54) is 12.3 Å². The van der Waals surface area contributed by atoms with Crippen molar-refractivity contribution in [1.82, 2.24) is 4.98 Å². The van der Waals surface area contributed by atoms with E-state index < -0.39 is 11.6 Å². The first-order valence-electron chi connectivity index (χ1n) is 7.97. The van der Waals surface area contributed by atoms with Crippen LogP contribution in [0.2, 0.25) is 0 Å². The molecule has 1 unspecified atom stereocenters. The smallest absolute Gasteiger partial charge is 0.189 e. The largest absolute Gasteiger partial charge is 0.366 e. The standard InChI is InChI=1S/C17H20F2N2OS/c1-2-23-11-5-3-4-8-21(10-11)17-13(18)9-12-14(22)6-7-20-16(12)15(17)19/h6-7,9,11H,2-5,8,10H2,1H3,(H,20,22). The molecule has 1 aliphatic rings. The third kappa shape index (κ3) is 3.22. The molecule has 0 bridgehead atoms. The van der Waals surface area contributed by atoms with Crippen molar-refractivity contribution in [2.45, 2.75) is 31.4 Å². The van der Waals surface area contributed by atoms with E-state index in [2.05, 4.69) is 11.9 Å². The van der Waals surface area contributed by atoms with E-state index in [1.54, 1.807) is 4.90 Å². The van der Waals surface area contributed by atoms with Crippen LogP contribution in [0, 0.1) is 11.6 Å². The Kier molecular flexibility index (Phi) is 4.90. The Morgan fingerprint density at radius 1 is 1.39 bits per heavy atom. The molecule has 124 valence electrons. The lowest BCUT2D eigenvalue weighted by atomic mass is 10.1. The summed E-state index contributed by atoms with van der Waals surface area (Å²) in [6, 6.07) is 2.43. The number of thioether (sulfide) groups is 1. The summed E-state index contributed by atoms with van der Waals surface area (Å²) in [5.74, 6) is -0.331. The number of pyridine rings is 1. The molecule has 23 heavy (non-hydrogen) atoms. The SMILES string of the molecule is CCSC1CCCCN(c2c(F)cc3c(=O)cc[nH]c3c2F)C1. The van der Waals surface area contributed by atoms with Gasteiger partial charge in [0.2, 0.25) is 0 Å². The van der Waals surface area contributed by atoms with Gasteiger partial charge in [-0.05, 0) is 24.7 Å². The summed E-state index contributed by atoms with van der Waals surface area (Å²) >= 11 is 1.84. The molecule has 2 aromatic rings. The number of aromatic amines is 1. The fourth-order valence-electron chi connectivity index (χ4n) is 3.20. The van der Waals surface area contributed by atoms with Crippen molar-refractivity contribution in [3.05, 3.63) is 40.2 Å². The first kappa shape index (κ1) is 16.3. The number of aromatic nitrogens is 1. The van der Waals surface area contributed by atoms with Gasteiger partial charge in [-0.25, -0.2) is 8.78 Å². The molecule has 0 aliphatic carbocycles. The average Bonchev–Trinajstić information content (AvgIpc) is 2.75. The van der Waals surface area contributed by atoms with E-state index in [-0.39, 0.29) is 22.0 Å². The van der Waals surface area contributed by atoms with Gasteiger partial charge in [0.15, 0.2) is 11.2 Å². The number of hydrogen-bond acceptors (Lipinski definition) is 3. The van der Waals surface area contributed by atoms with Gasteiger partial charge in [-0.1, -0.05) is 13.3 Å². The maximum Gasteiger partial charge on any atom is 0.189 e. The first-order chi connectivity index (χ1) is 11.1. The van der Waals surface area contributed by atoms with Crippen molar-refractivity contribution in [3.63, 3.8) is 0 Å². The zero-order valence-corrected chi connectivity index (χ0v) is 13.9. The molecule has 2 heterocycles. The van der Waals surface area contributed by atoms with Crippen molar-refractivity contribution in [3.8, 4) is 0 Å². The first-order valence-corrected chi connectivity index (χ1v) is 9.02. The Labute approximate surface area is 138 Å². The van der Waals surface area contributed by atoms with Gasteiger partial charge in [-0.3, -0.25) is 4.79 Å². The second kappa shape index (κ2) is 6.91. The van der Waals surface area contributed by atoms with Crippen molar-refractivity contribution >= 4 is 28.4 Å². The number of H-pyrrole nitrogens is 1. The van der Waals surface area contributed by atoms with Crippen LogP contribution in [0.4, 0.5) is 14.5 Å².